The number of amides is 2. The van der Waals surface area contributed by atoms with Crippen molar-refractivity contribution in [2.24, 2.45) is 5.92 Å². The second-order valence-electron chi connectivity index (χ2n) is 6.41. The molecule has 1 N–H and O–H groups in total. The molecule has 0 bridgehead atoms. The van der Waals surface area contributed by atoms with Crippen molar-refractivity contribution in [2.45, 2.75) is 19.8 Å². The van der Waals surface area contributed by atoms with Gasteiger partial charge in [0, 0.05) is 24.8 Å². The van der Waals surface area contributed by atoms with Gasteiger partial charge in [0.15, 0.2) is 6.61 Å². The van der Waals surface area contributed by atoms with Crippen molar-refractivity contribution >= 4 is 40.9 Å². The molecule has 0 spiro atoms. The second kappa shape index (κ2) is 8.84. The molecule has 0 saturated carbocycles. The molecule has 0 radical (unpaired) electrons. The Hall–Kier alpha value is -2.93. The minimum absolute atomic E-state index is 0.0667. The van der Waals surface area contributed by atoms with E-state index in [1.54, 1.807) is 17.0 Å². The lowest BCUT2D eigenvalue weighted by atomic mass is 10.1. The number of rotatable bonds is 6. The van der Waals surface area contributed by atoms with Crippen LogP contribution in [0.3, 0.4) is 0 Å². The van der Waals surface area contributed by atoms with Gasteiger partial charge in [-0.1, -0.05) is 36.7 Å². The number of esters is 1. The summed E-state index contributed by atoms with van der Waals surface area (Å²) in [5.41, 5.74) is 1.86. The lowest BCUT2D eigenvalue weighted by Gasteiger charge is -2.19. The average Bonchev–Trinajstić information content (AvgIpc) is 3.09. The molecule has 1 saturated heterocycles. The molecule has 2 amide bonds. The molecular weight excluding hydrogens is 382 g/mol. The number of carbonyl (C=O) groups is 3. The Labute approximate surface area is 167 Å². The first-order chi connectivity index (χ1) is 13.5. The standard InChI is InChI=1S/C20H20ClN3O4/c1-2-13-5-3-4-6-16(13)24-11-14(9-19(24)26)20(27)28-12-18(25)23-17-8-7-15(21)10-22-17/h3-8,10,14H,2,9,11-12H2,1H3,(H,22,23,25)/t14-/m1/s1. The highest BCUT2D eigenvalue weighted by molar-refractivity contribution is 6.30. The van der Waals surface area contributed by atoms with E-state index in [2.05, 4.69) is 10.3 Å². The summed E-state index contributed by atoms with van der Waals surface area (Å²) in [6, 6.07) is 10.7. The predicted molar refractivity (Wildman–Crippen MR) is 105 cm³/mol. The summed E-state index contributed by atoms with van der Waals surface area (Å²) in [4.78, 5) is 42.2. The quantitative estimate of drug-likeness (QED) is 0.752. The Morgan fingerprint density at radius 3 is 2.79 bits per heavy atom. The second-order valence-corrected chi connectivity index (χ2v) is 6.84. The fourth-order valence-corrected chi connectivity index (χ4v) is 3.17. The highest BCUT2D eigenvalue weighted by Gasteiger charge is 2.37. The number of carbonyl (C=O) groups excluding carboxylic acids is 3. The zero-order valence-electron chi connectivity index (χ0n) is 15.4. The van der Waals surface area contributed by atoms with Crippen LogP contribution in [0.25, 0.3) is 0 Å². The maximum Gasteiger partial charge on any atom is 0.311 e. The normalized spacial score (nSPS) is 16.1. The van der Waals surface area contributed by atoms with Crippen molar-refractivity contribution in [2.75, 3.05) is 23.4 Å². The number of benzene rings is 1. The van der Waals surface area contributed by atoms with Gasteiger partial charge in [-0.2, -0.15) is 0 Å². The molecule has 0 aliphatic carbocycles. The summed E-state index contributed by atoms with van der Waals surface area (Å²) in [7, 11) is 0. The number of hydrogen-bond acceptors (Lipinski definition) is 5. The third-order valence-electron chi connectivity index (χ3n) is 4.46. The van der Waals surface area contributed by atoms with Crippen LogP contribution >= 0.6 is 11.6 Å². The largest absolute Gasteiger partial charge is 0.455 e. The van der Waals surface area contributed by atoms with Crippen LogP contribution in [0.15, 0.2) is 42.6 Å². The molecule has 3 rings (SSSR count). The number of aromatic nitrogens is 1. The van der Waals surface area contributed by atoms with Crippen molar-refractivity contribution in [3.05, 3.63) is 53.2 Å². The zero-order chi connectivity index (χ0) is 20.1. The van der Waals surface area contributed by atoms with Gasteiger partial charge in [0.05, 0.1) is 10.9 Å². The van der Waals surface area contributed by atoms with Gasteiger partial charge in [-0.3, -0.25) is 14.4 Å². The Bertz CT molecular complexity index is 885. The van der Waals surface area contributed by atoms with E-state index in [0.29, 0.717) is 10.8 Å². The van der Waals surface area contributed by atoms with Crippen molar-refractivity contribution < 1.29 is 19.1 Å². The van der Waals surface area contributed by atoms with Gasteiger partial charge < -0.3 is 15.0 Å². The van der Waals surface area contributed by atoms with Gasteiger partial charge in [0.1, 0.15) is 5.82 Å². The molecule has 8 heteroatoms. The number of hydrogen-bond donors (Lipinski definition) is 1. The fraction of sp³-hybridized carbons (Fsp3) is 0.300. The van der Waals surface area contributed by atoms with E-state index in [1.165, 1.54) is 6.20 Å². The highest BCUT2D eigenvalue weighted by Crippen LogP contribution is 2.29. The van der Waals surface area contributed by atoms with E-state index in [9.17, 15) is 14.4 Å². The molecule has 2 aromatic rings. The van der Waals surface area contributed by atoms with Crippen molar-refractivity contribution in [1.82, 2.24) is 4.98 Å². The van der Waals surface area contributed by atoms with Crippen LogP contribution < -0.4 is 10.2 Å². The highest BCUT2D eigenvalue weighted by atomic mass is 35.5. The SMILES string of the molecule is CCc1ccccc1N1C[C@H](C(=O)OCC(=O)Nc2ccc(Cl)cn2)CC1=O. The van der Waals surface area contributed by atoms with Crippen LogP contribution in [0.1, 0.15) is 18.9 Å². The number of nitrogens with zero attached hydrogens (tertiary/aromatic N) is 2. The number of anilines is 2. The van der Waals surface area contributed by atoms with Crippen molar-refractivity contribution in [3.63, 3.8) is 0 Å². The Balaban J connectivity index is 1.54. The van der Waals surface area contributed by atoms with Crippen LogP contribution in [0, 0.1) is 5.92 Å². The zero-order valence-corrected chi connectivity index (χ0v) is 16.1. The van der Waals surface area contributed by atoms with E-state index in [4.69, 9.17) is 16.3 Å². The van der Waals surface area contributed by atoms with E-state index < -0.39 is 24.4 Å². The summed E-state index contributed by atoms with van der Waals surface area (Å²) in [5, 5.41) is 2.96. The van der Waals surface area contributed by atoms with Crippen LogP contribution in [0.4, 0.5) is 11.5 Å². The van der Waals surface area contributed by atoms with Crippen molar-refractivity contribution in [3.8, 4) is 0 Å². The molecule has 2 heterocycles. The van der Waals surface area contributed by atoms with Crippen LogP contribution in [-0.4, -0.2) is 35.9 Å². The molecular formula is C20H20ClN3O4. The summed E-state index contributed by atoms with van der Waals surface area (Å²) in [6.45, 7) is 1.81. The van der Waals surface area contributed by atoms with Gasteiger partial charge in [-0.15, -0.1) is 0 Å². The molecule has 1 atom stereocenters. The van der Waals surface area contributed by atoms with Gasteiger partial charge >= 0.3 is 5.97 Å². The lowest BCUT2D eigenvalue weighted by molar-refractivity contribution is -0.151. The number of aryl methyl sites for hydroxylation is 1. The summed E-state index contributed by atoms with van der Waals surface area (Å²) < 4.78 is 5.09. The first kappa shape index (κ1) is 19.8. The van der Waals surface area contributed by atoms with E-state index >= 15 is 0 Å². The molecule has 28 heavy (non-hydrogen) atoms. The molecule has 0 unspecified atom stereocenters. The number of pyridine rings is 1. The maximum atomic E-state index is 12.4. The van der Waals surface area contributed by atoms with Gasteiger partial charge in [0.2, 0.25) is 5.91 Å². The molecule has 7 nitrogen and oxygen atoms in total. The lowest BCUT2D eigenvalue weighted by Crippen LogP contribution is -2.28. The summed E-state index contributed by atoms with van der Waals surface area (Å²) in [5.74, 6) is -1.50. The molecule has 1 fully saturated rings. The van der Waals surface area contributed by atoms with Crippen LogP contribution in [-0.2, 0) is 25.5 Å². The average molecular weight is 402 g/mol. The third kappa shape index (κ3) is 4.67. The third-order valence-corrected chi connectivity index (χ3v) is 4.69. The molecule has 146 valence electrons. The number of para-hydroxylation sites is 1. The number of ether oxygens (including phenoxy) is 1. The number of halogens is 1. The Kier molecular flexibility index (Phi) is 6.26. The number of nitrogens with one attached hydrogen (secondary N) is 1. The van der Waals surface area contributed by atoms with Gasteiger partial charge in [-0.05, 0) is 30.2 Å². The van der Waals surface area contributed by atoms with E-state index in [0.717, 1.165) is 17.7 Å². The minimum Gasteiger partial charge on any atom is -0.455 e. The van der Waals surface area contributed by atoms with Crippen LogP contribution in [0.2, 0.25) is 5.02 Å². The van der Waals surface area contributed by atoms with Crippen molar-refractivity contribution in [1.29, 1.82) is 0 Å². The van der Waals surface area contributed by atoms with E-state index in [1.807, 2.05) is 31.2 Å². The first-order valence-corrected chi connectivity index (χ1v) is 9.32. The van der Waals surface area contributed by atoms with E-state index in [-0.39, 0.29) is 18.9 Å². The van der Waals surface area contributed by atoms with Gasteiger partial charge in [0.25, 0.3) is 5.91 Å². The molecule has 1 aliphatic heterocycles. The monoisotopic (exact) mass is 401 g/mol. The maximum absolute atomic E-state index is 12.4. The first-order valence-electron chi connectivity index (χ1n) is 8.94. The van der Waals surface area contributed by atoms with Crippen LogP contribution in [0.5, 0.6) is 0 Å². The molecule has 1 aromatic carbocycles. The smallest absolute Gasteiger partial charge is 0.311 e. The predicted octanol–water partition coefficient (Wildman–Crippen LogP) is 2.83. The Morgan fingerprint density at radius 2 is 2.07 bits per heavy atom. The minimum atomic E-state index is -0.598. The molecule has 1 aromatic heterocycles. The fourth-order valence-electron chi connectivity index (χ4n) is 3.05. The topological polar surface area (TPSA) is 88.6 Å². The molecule has 1 aliphatic rings. The summed E-state index contributed by atoms with van der Waals surface area (Å²) >= 11 is 5.73. The Morgan fingerprint density at radius 1 is 1.29 bits per heavy atom. The van der Waals surface area contributed by atoms with Gasteiger partial charge in [-0.25, -0.2) is 4.98 Å². The summed E-state index contributed by atoms with van der Waals surface area (Å²) in [6.07, 6.45) is 2.25.